The molecule has 1 N–H and O–H groups in total. The SMILES string of the molecule is CCN(CC)c1ccc2cc(C(=N)C3(C)C=CC=CC3)c(=O)oc2c1. The molecule has 1 atom stereocenters. The Morgan fingerprint density at radius 3 is 2.64 bits per heavy atom. The van der Waals surface area contributed by atoms with Gasteiger partial charge in [0, 0.05) is 35.6 Å². The highest BCUT2D eigenvalue weighted by Gasteiger charge is 2.30. The highest BCUT2D eigenvalue weighted by Crippen LogP contribution is 2.31. The van der Waals surface area contributed by atoms with Crippen molar-refractivity contribution in [2.24, 2.45) is 5.41 Å². The Morgan fingerprint density at radius 1 is 1.24 bits per heavy atom. The number of hydrogen-bond donors (Lipinski definition) is 1. The average Bonchev–Trinajstić information content (AvgIpc) is 2.62. The number of nitrogens with zero attached hydrogens (tertiary/aromatic N) is 1. The van der Waals surface area contributed by atoms with E-state index in [1.807, 2.05) is 49.4 Å². The second kappa shape index (κ2) is 6.71. The van der Waals surface area contributed by atoms with Gasteiger partial charge in [0.25, 0.3) is 0 Å². The van der Waals surface area contributed by atoms with Crippen LogP contribution in [0.1, 0.15) is 32.8 Å². The molecule has 0 fully saturated rings. The minimum atomic E-state index is -0.474. The van der Waals surface area contributed by atoms with Gasteiger partial charge in [0.05, 0.1) is 11.3 Å². The van der Waals surface area contributed by atoms with Crippen LogP contribution in [0.3, 0.4) is 0 Å². The van der Waals surface area contributed by atoms with E-state index in [9.17, 15) is 4.79 Å². The summed E-state index contributed by atoms with van der Waals surface area (Å²) in [5.74, 6) is 0. The summed E-state index contributed by atoms with van der Waals surface area (Å²) in [4.78, 5) is 14.7. The van der Waals surface area contributed by atoms with Gasteiger partial charge in [-0.3, -0.25) is 0 Å². The minimum absolute atomic E-state index is 0.302. The topological polar surface area (TPSA) is 57.3 Å². The number of fused-ring (bicyclic) bond motifs is 1. The molecule has 3 rings (SSSR count). The molecular formula is C21H24N2O2. The first kappa shape index (κ1) is 17.2. The quantitative estimate of drug-likeness (QED) is 0.645. The number of nitrogens with one attached hydrogen (secondary N) is 1. The maximum absolute atomic E-state index is 12.5. The van der Waals surface area contributed by atoms with Gasteiger partial charge in [-0.15, -0.1) is 0 Å². The summed E-state index contributed by atoms with van der Waals surface area (Å²) >= 11 is 0. The smallest absolute Gasteiger partial charge is 0.345 e. The Morgan fingerprint density at radius 2 is 2.00 bits per heavy atom. The Bertz CT molecular complexity index is 919. The van der Waals surface area contributed by atoms with Gasteiger partial charge in [-0.2, -0.15) is 0 Å². The third kappa shape index (κ3) is 3.16. The van der Waals surface area contributed by atoms with E-state index in [1.54, 1.807) is 6.07 Å². The zero-order chi connectivity index (χ0) is 18.0. The van der Waals surface area contributed by atoms with Crippen LogP contribution in [0.2, 0.25) is 0 Å². The number of benzene rings is 1. The van der Waals surface area contributed by atoms with E-state index in [1.165, 1.54) is 0 Å². The third-order valence-electron chi connectivity index (χ3n) is 4.94. The fourth-order valence-corrected chi connectivity index (χ4v) is 3.28. The molecule has 1 aliphatic carbocycles. The highest BCUT2D eigenvalue weighted by molar-refractivity contribution is 6.05. The van der Waals surface area contributed by atoms with Crippen LogP contribution in [0.25, 0.3) is 11.0 Å². The van der Waals surface area contributed by atoms with Gasteiger partial charge < -0.3 is 14.7 Å². The van der Waals surface area contributed by atoms with Crippen LogP contribution in [0.5, 0.6) is 0 Å². The number of hydrogen-bond acceptors (Lipinski definition) is 4. The molecule has 130 valence electrons. The van der Waals surface area contributed by atoms with Gasteiger partial charge >= 0.3 is 5.63 Å². The second-order valence-electron chi connectivity index (χ2n) is 6.63. The van der Waals surface area contributed by atoms with Gasteiger partial charge in [-0.05, 0) is 38.5 Å². The van der Waals surface area contributed by atoms with Gasteiger partial charge in [-0.1, -0.05) is 31.2 Å². The molecule has 25 heavy (non-hydrogen) atoms. The van der Waals surface area contributed by atoms with Crippen molar-refractivity contribution < 1.29 is 4.42 Å². The molecule has 4 heteroatoms. The van der Waals surface area contributed by atoms with Crippen molar-refractivity contribution in [3.63, 3.8) is 0 Å². The monoisotopic (exact) mass is 336 g/mol. The summed E-state index contributed by atoms with van der Waals surface area (Å²) in [6.07, 6.45) is 8.60. The van der Waals surface area contributed by atoms with Crippen LogP contribution in [0.4, 0.5) is 5.69 Å². The molecular weight excluding hydrogens is 312 g/mol. The maximum Gasteiger partial charge on any atom is 0.345 e. The van der Waals surface area contributed by atoms with E-state index in [-0.39, 0.29) is 0 Å². The molecule has 0 radical (unpaired) electrons. The van der Waals surface area contributed by atoms with Crippen molar-refractivity contribution in [1.29, 1.82) is 5.41 Å². The van der Waals surface area contributed by atoms with E-state index < -0.39 is 11.0 Å². The molecule has 0 amide bonds. The Labute approximate surface area is 148 Å². The lowest BCUT2D eigenvalue weighted by Crippen LogP contribution is -2.30. The van der Waals surface area contributed by atoms with E-state index in [2.05, 4.69) is 18.7 Å². The lowest BCUT2D eigenvalue weighted by molar-refractivity contribution is 0.550. The van der Waals surface area contributed by atoms with Crippen molar-refractivity contribution in [2.75, 3.05) is 18.0 Å². The normalized spacial score (nSPS) is 19.3. The van der Waals surface area contributed by atoms with Crippen molar-refractivity contribution in [1.82, 2.24) is 0 Å². The van der Waals surface area contributed by atoms with Crippen LogP contribution in [0.15, 0.2) is 57.8 Å². The highest BCUT2D eigenvalue weighted by atomic mass is 16.4. The van der Waals surface area contributed by atoms with Gasteiger partial charge in [0.1, 0.15) is 5.58 Å². The van der Waals surface area contributed by atoms with E-state index in [0.29, 0.717) is 23.3 Å². The number of rotatable bonds is 5. The zero-order valence-corrected chi connectivity index (χ0v) is 15.0. The molecule has 1 aromatic carbocycles. The van der Waals surface area contributed by atoms with Crippen molar-refractivity contribution in [2.45, 2.75) is 27.2 Å². The first-order chi connectivity index (χ1) is 12.0. The number of allylic oxidation sites excluding steroid dienone is 4. The lowest BCUT2D eigenvalue weighted by atomic mass is 9.77. The summed E-state index contributed by atoms with van der Waals surface area (Å²) in [5, 5.41) is 9.40. The van der Waals surface area contributed by atoms with Crippen LogP contribution in [0, 0.1) is 10.8 Å². The summed E-state index contributed by atoms with van der Waals surface area (Å²) in [5.41, 5.74) is 1.32. The summed E-state index contributed by atoms with van der Waals surface area (Å²) < 4.78 is 5.56. The predicted octanol–water partition coefficient (Wildman–Crippen LogP) is 4.53. The van der Waals surface area contributed by atoms with Gasteiger partial charge in [-0.25, -0.2) is 4.79 Å². The maximum atomic E-state index is 12.5. The van der Waals surface area contributed by atoms with Crippen LogP contribution < -0.4 is 10.5 Å². The Hall–Kier alpha value is -2.62. The van der Waals surface area contributed by atoms with E-state index in [0.717, 1.165) is 24.2 Å². The van der Waals surface area contributed by atoms with Gasteiger partial charge in [0.15, 0.2) is 0 Å². The Kier molecular flexibility index (Phi) is 4.62. The molecule has 0 bridgehead atoms. The second-order valence-corrected chi connectivity index (χ2v) is 6.63. The van der Waals surface area contributed by atoms with Crippen LogP contribution in [-0.4, -0.2) is 18.8 Å². The summed E-state index contributed by atoms with van der Waals surface area (Å²) in [7, 11) is 0. The minimum Gasteiger partial charge on any atom is -0.422 e. The summed E-state index contributed by atoms with van der Waals surface area (Å²) in [6, 6.07) is 7.68. The predicted molar refractivity (Wildman–Crippen MR) is 104 cm³/mol. The number of anilines is 1. The lowest BCUT2D eigenvalue weighted by Gasteiger charge is -2.27. The molecule has 4 nitrogen and oxygen atoms in total. The molecule has 0 saturated carbocycles. The van der Waals surface area contributed by atoms with Crippen molar-refractivity contribution >= 4 is 22.4 Å². The molecule has 1 aliphatic rings. The van der Waals surface area contributed by atoms with Crippen molar-refractivity contribution in [3.8, 4) is 0 Å². The fourth-order valence-electron chi connectivity index (χ4n) is 3.28. The molecule has 1 unspecified atom stereocenters. The zero-order valence-electron chi connectivity index (χ0n) is 15.0. The first-order valence-corrected chi connectivity index (χ1v) is 8.75. The molecule has 0 aliphatic heterocycles. The third-order valence-corrected chi connectivity index (χ3v) is 4.94. The Balaban J connectivity index is 2.04. The molecule has 1 aromatic heterocycles. The molecule has 1 heterocycles. The van der Waals surface area contributed by atoms with E-state index >= 15 is 0 Å². The summed E-state index contributed by atoms with van der Waals surface area (Å²) in [6.45, 7) is 7.96. The molecule has 0 saturated heterocycles. The standard InChI is InChI=1S/C21H24N2O2/c1-4-23(5-2)16-10-9-15-13-17(20(24)25-18(15)14-16)19(22)21(3)11-7-6-8-12-21/h6-11,13-14,22H,4-5,12H2,1-3H3. The van der Waals surface area contributed by atoms with Crippen molar-refractivity contribution in [3.05, 3.63) is 64.6 Å². The van der Waals surface area contributed by atoms with Crippen LogP contribution in [-0.2, 0) is 0 Å². The average molecular weight is 336 g/mol. The van der Waals surface area contributed by atoms with Crippen LogP contribution >= 0.6 is 0 Å². The fraction of sp³-hybridized carbons (Fsp3) is 0.333. The molecule has 2 aromatic rings. The van der Waals surface area contributed by atoms with E-state index in [4.69, 9.17) is 9.83 Å². The van der Waals surface area contributed by atoms with Gasteiger partial charge in [0.2, 0.25) is 0 Å². The molecule has 0 spiro atoms. The first-order valence-electron chi connectivity index (χ1n) is 8.75. The largest absolute Gasteiger partial charge is 0.422 e.